The highest BCUT2D eigenvalue weighted by molar-refractivity contribution is 6.07. The average Bonchev–Trinajstić information content (AvgIpc) is 2.97. The van der Waals surface area contributed by atoms with E-state index < -0.39 is 0 Å². The van der Waals surface area contributed by atoms with Crippen molar-refractivity contribution < 1.29 is 10.0 Å². The van der Waals surface area contributed by atoms with Crippen molar-refractivity contribution in [3.63, 3.8) is 0 Å². The lowest BCUT2D eigenvalue weighted by molar-refractivity contribution is -0.125. The minimum Gasteiger partial charge on any atom is -0.411 e. The van der Waals surface area contributed by atoms with Gasteiger partial charge < -0.3 is 10.5 Å². The quantitative estimate of drug-likeness (QED) is 0.498. The van der Waals surface area contributed by atoms with Crippen molar-refractivity contribution in [3.05, 3.63) is 29.8 Å². The number of hydrogen-bond donors (Lipinski definition) is 2. The van der Waals surface area contributed by atoms with Gasteiger partial charge in [-0.05, 0) is 32.3 Å². The van der Waals surface area contributed by atoms with Crippen LogP contribution >= 0.6 is 0 Å². The molecule has 1 amide bonds. The van der Waals surface area contributed by atoms with Crippen molar-refractivity contribution in [1.29, 1.82) is 0 Å². The Bertz CT molecular complexity index is 517. The second-order valence-corrected chi connectivity index (χ2v) is 5.53. The minimum absolute atomic E-state index is 0.0932. The summed E-state index contributed by atoms with van der Waals surface area (Å²) in [6.45, 7) is 3.80. The number of benzene rings is 1. The van der Waals surface area contributed by atoms with E-state index in [0.717, 1.165) is 37.7 Å². The molecule has 4 heteroatoms. The van der Waals surface area contributed by atoms with Crippen molar-refractivity contribution >= 4 is 17.3 Å². The largest absolute Gasteiger partial charge is 0.411 e. The fraction of sp³-hybridized carbons (Fsp3) is 0.500. The molecular weight excluding hydrogens is 252 g/mol. The topological polar surface area (TPSA) is 61.7 Å². The first kappa shape index (κ1) is 14.6. The molecule has 1 saturated carbocycles. The summed E-state index contributed by atoms with van der Waals surface area (Å²) < 4.78 is 0. The number of amides is 1. The number of para-hydroxylation sites is 1. The third kappa shape index (κ3) is 2.69. The van der Waals surface area contributed by atoms with Gasteiger partial charge in [0.2, 0.25) is 5.91 Å². The van der Waals surface area contributed by atoms with E-state index in [1.54, 1.807) is 6.92 Å². The van der Waals surface area contributed by atoms with E-state index in [1.165, 1.54) is 0 Å². The van der Waals surface area contributed by atoms with Crippen LogP contribution in [0.5, 0.6) is 0 Å². The smallest absolute Gasteiger partial charge is 0.230 e. The molecule has 1 fully saturated rings. The second kappa shape index (κ2) is 6.07. The highest BCUT2D eigenvalue weighted by Gasteiger charge is 2.39. The van der Waals surface area contributed by atoms with Crippen molar-refractivity contribution in [2.75, 3.05) is 5.32 Å². The molecule has 0 aliphatic heterocycles. The number of hydrogen-bond acceptors (Lipinski definition) is 3. The van der Waals surface area contributed by atoms with Crippen LogP contribution in [0.25, 0.3) is 0 Å². The summed E-state index contributed by atoms with van der Waals surface area (Å²) in [6, 6.07) is 7.43. The van der Waals surface area contributed by atoms with Crippen molar-refractivity contribution in [2.45, 2.75) is 46.0 Å². The molecule has 0 saturated heterocycles. The Morgan fingerprint density at radius 3 is 2.60 bits per heavy atom. The molecule has 0 aromatic heterocycles. The van der Waals surface area contributed by atoms with Gasteiger partial charge in [-0.1, -0.05) is 43.1 Å². The summed E-state index contributed by atoms with van der Waals surface area (Å²) in [5, 5.41) is 15.2. The van der Waals surface area contributed by atoms with E-state index in [-0.39, 0.29) is 11.3 Å². The van der Waals surface area contributed by atoms with E-state index in [0.29, 0.717) is 11.4 Å². The Labute approximate surface area is 119 Å². The monoisotopic (exact) mass is 274 g/mol. The van der Waals surface area contributed by atoms with Crippen LogP contribution in [-0.2, 0) is 4.79 Å². The zero-order valence-corrected chi connectivity index (χ0v) is 12.1. The predicted octanol–water partition coefficient (Wildman–Crippen LogP) is 3.79. The van der Waals surface area contributed by atoms with Crippen molar-refractivity contribution in [3.8, 4) is 0 Å². The molecule has 2 N–H and O–H groups in total. The van der Waals surface area contributed by atoms with Crippen LogP contribution in [0.1, 0.15) is 51.5 Å². The number of oxime groups is 1. The molecular formula is C16H22N2O2. The Kier molecular flexibility index (Phi) is 4.42. The zero-order chi connectivity index (χ0) is 14.6. The van der Waals surface area contributed by atoms with E-state index in [4.69, 9.17) is 5.21 Å². The maximum Gasteiger partial charge on any atom is 0.230 e. The van der Waals surface area contributed by atoms with Gasteiger partial charge in [0, 0.05) is 16.7 Å². The average molecular weight is 274 g/mol. The van der Waals surface area contributed by atoms with Crippen molar-refractivity contribution in [1.82, 2.24) is 0 Å². The van der Waals surface area contributed by atoms with Gasteiger partial charge in [0.05, 0.1) is 5.71 Å². The highest BCUT2D eigenvalue weighted by Crippen LogP contribution is 2.42. The zero-order valence-electron chi connectivity index (χ0n) is 12.1. The lowest BCUT2D eigenvalue weighted by Crippen LogP contribution is -2.33. The van der Waals surface area contributed by atoms with Gasteiger partial charge in [0.1, 0.15) is 0 Å². The summed E-state index contributed by atoms with van der Waals surface area (Å²) in [4.78, 5) is 12.6. The minimum atomic E-state index is -0.225. The fourth-order valence-electron chi connectivity index (χ4n) is 3.01. The van der Waals surface area contributed by atoms with Crippen LogP contribution in [0, 0.1) is 5.41 Å². The first-order valence-corrected chi connectivity index (χ1v) is 7.22. The van der Waals surface area contributed by atoms with Crippen molar-refractivity contribution in [2.24, 2.45) is 10.6 Å². The molecule has 4 nitrogen and oxygen atoms in total. The highest BCUT2D eigenvalue weighted by atomic mass is 16.4. The van der Waals surface area contributed by atoms with E-state index >= 15 is 0 Å². The Morgan fingerprint density at radius 1 is 1.35 bits per heavy atom. The Hall–Kier alpha value is -1.84. The lowest BCUT2D eigenvalue weighted by Gasteiger charge is -2.26. The molecule has 0 spiro atoms. The molecule has 1 aliphatic carbocycles. The van der Waals surface area contributed by atoms with Crippen LogP contribution < -0.4 is 5.32 Å². The van der Waals surface area contributed by atoms with Gasteiger partial charge in [0.15, 0.2) is 0 Å². The van der Waals surface area contributed by atoms with Gasteiger partial charge in [-0.3, -0.25) is 4.79 Å². The van der Waals surface area contributed by atoms with Crippen LogP contribution in [0.3, 0.4) is 0 Å². The number of anilines is 1. The first-order chi connectivity index (χ1) is 9.63. The summed E-state index contributed by atoms with van der Waals surface area (Å²) in [5.74, 6) is 0.0932. The molecule has 1 aromatic carbocycles. The molecule has 0 heterocycles. The summed E-state index contributed by atoms with van der Waals surface area (Å²) in [6.07, 6.45) is 5.04. The van der Waals surface area contributed by atoms with Crippen LogP contribution in [0.4, 0.5) is 5.69 Å². The van der Waals surface area contributed by atoms with Crippen LogP contribution in [-0.4, -0.2) is 16.8 Å². The van der Waals surface area contributed by atoms with Crippen LogP contribution in [0.2, 0.25) is 0 Å². The second-order valence-electron chi connectivity index (χ2n) is 5.53. The van der Waals surface area contributed by atoms with E-state index in [2.05, 4.69) is 17.4 Å². The number of nitrogens with zero attached hydrogens (tertiary/aromatic N) is 1. The molecule has 0 radical (unpaired) electrons. The third-order valence-corrected chi connectivity index (χ3v) is 4.43. The number of rotatable bonds is 4. The molecule has 0 atom stereocenters. The molecule has 1 aliphatic rings. The normalized spacial score (nSPS) is 18.0. The van der Waals surface area contributed by atoms with Gasteiger partial charge in [0.25, 0.3) is 0 Å². The number of nitrogens with one attached hydrogen (secondary N) is 1. The maximum atomic E-state index is 12.6. The molecule has 108 valence electrons. The molecule has 0 unspecified atom stereocenters. The maximum absolute atomic E-state index is 12.6. The fourth-order valence-corrected chi connectivity index (χ4v) is 3.01. The number of carbonyl (C=O) groups is 1. The summed E-state index contributed by atoms with van der Waals surface area (Å²) >= 11 is 0. The molecule has 20 heavy (non-hydrogen) atoms. The summed E-state index contributed by atoms with van der Waals surface area (Å²) in [7, 11) is 0. The lowest BCUT2D eigenvalue weighted by atomic mass is 9.82. The Morgan fingerprint density at radius 2 is 2.00 bits per heavy atom. The van der Waals surface area contributed by atoms with Gasteiger partial charge >= 0.3 is 0 Å². The van der Waals surface area contributed by atoms with Gasteiger partial charge in [-0.25, -0.2) is 0 Å². The van der Waals surface area contributed by atoms with E-state index in [9.17, 15) is 4.79 Å². The standard InChI is InChI=1S/C16H22N2O2/c1-3-16(10-6-7-11-16)15(19)17-14-9-5-4-8-13(14)12(2)18-20/h4-5,8-9,20H,3,6-7,10-11H2,1-2H3,(H,17,19)/b18-12+. The van der Waals surface area contributed by atoms with E-state index in [1.807, 2.05) is 24.3 Å². The van der Waals surface area contributed by atoms with Gasteiger partial charge in [-0.15, -0.1) is 0 Å². The van der Waals surface area contributed by atoms with Gasteiger partial charge in [-0.2, -0.15) is 0 Å². The third-order valence-electron chi connectivity index (χ3n) is 4.43. The Balaban J connectivity index is 2.24. The molecule has 1 aromatic rings. The first-order valence-electron chi connectivity index (χ1n) is 7.22. The molecule has 2 rings (SSSR count). The summed E-state index contributed by atoms with van der Waals surface area (Å²) in [5.41, 5.74) is 1.75. The molecule has 0 bridgehead atoms. The number of carbonyl (C=O) groups excluding carboxylic acids is 1. The SMILES string of the molecule is CCC1(C(=O)Nc2ccccc2/C(C)=N/O)CCCC1. The van der Waals surface area contributed by atoms with Crippen LogP contribution in [0.15, 0.2) is 29.4 Å². The predicted molar refractivity (Wildman–Crippen MR) is 80.3 cm³/mol.